The summed E-state index contributed by atoms with van der Waals surface area (Å²) in [6, 6.07) is 51.6. The Kier molecular flexibility index (Phi) is 7.83. The van der Waals surface area contributed by atoms with Gasteiger partial charge in [0.25, 0.3) is 0 Å². The lowest BCUT2D eigenvalue weighted by Gasteiger charge is -2.46. The first-order valence-electron chi connectivity index (χ1n) is 22.0. The SMILES string of the molecule is CC12CCCCCC1(C)N(c1ccccc1)c1ccc(-c3ccc4c(c3)Cc3cc(-c5ccc6c(c5)C5(C)CCCCCC5(C)N6c5ccccc5)ccc3-4)cc12. The first-order valence-corrected chi connectivity index (χ1v) is 22.0. The van der Waals surface area contributed by atoms with Gasteiger partial charge in [-0.2, -0.15) is 0 Å². The first kappa shape index (κ1) is 35.1. The predicted molar refractivity (Wildman–Crippen MR) is 240 cm³/mol. The number of nitrogens with zero attached hydrogens (tertiary/aromatic N) is 2. The van der Waals surface area contributed by atoms with Crippen LogP contribution in [0.25, 0.3) is 33.4 Å². The maximum atomic E-state index is 2.70. The number of hydrogen-bond acceptors (Lipinski definition) is 2. The molecule has 5 aliphatic rings. The van der Waals surface area contributed by atoms with Gasteiger partial charge in [-0.1, -0.05) is 137 Å². The van der Waals surface area contributed by atoms with Crippen LogP contribution in [0.2, 0.25) is 0 Å². The summed E-state index contributed by atoms with van der Waals surface area (Å²) in [6.07, 6.45) is 13.7. The van der Waals surface area contributed by atoms with E-state index in [0.717, 1.165) is 6.42 Å². The van der Waals surface area contributed by atoms with Crippen LogP contribution in [0.15, 0.2) is 133 Å². The van der Waals surface area contributed by atoms with Crippen molar-refractivity contribution in [3.8, 4) is 33.4 Å². The van der Waals surface area contributed by atoms with Gasteiger partial charge in [0.2, 0.25) is 0 Å². The van der Waals surface area contributed by atoms with Gasteiger partial charge in [-0.25, -0.2) is 0 Å². The Morgan fingerprint density at radius 1 is 0.386 bits per heavy atom. The highest BCUT2D eigenvalue weighted by Crippen LogP contribution is 2.62. The molecule has 6 aromatic carbocycles. The Bertz CT molecular complexity index is 2360. The van der Waals surface area contributed by atoms with Crippen LogP contribution in [-0.2, 0) is 17.3 Å². The van der Waals surface area contributed by atoms with Crippen molar-refractivity contribution in [3.05, 3.63) is 156 Å². The average molecular weight is 745 g/mol. The van der Waals surface area contributed by atoms with Gasteiger partial charge in [0, 0.05) is 33.6 Å². The van der Waals surface area contributed by atoms with Gasteiger partial charge < -0.3 is 9.80 Å². The van der Waals surface area contributed by atoms with Crippen molar-refractivity contribution in [1.82, 2.24) is 0 Å². The van der Waals surface area contributed by atoms with Crippen LogP contribution in [-0.4, -0.2) is 11.1 Å². The van der Waals surface area contributed by atoms with E-state index >= 15 is 0 Å². The monoisotopic (exact) mass is 744 g/mol. The first-order chi connectivity index (χ1) is 27.7. The van der Waals surface area contributed by atoms with E-state index in [1.54, 1.807) is 0 Å². The fraction of sp³-hybridized carbons (Fsp3) is 0.345. The number of benzene rings is 6. The molecule has 0 N–H and O–H groups in total. The fourth-order valence-electron chi connectivity index (χ4n) is 12.7. The Balaban J connectivity index is 0.930. The van der Waals surface area contributed by atoms with Crippen LogP contribution in [0.3, 0.4) is 0 Å². The predicted octanol–water partition coefficient (Wildman–Crippen LogP) is 14.9. The molecule has 3 aliphatic carbocycles. The molecule has 6 aromatic rings. The molecule has 286 valence electrons. The van der Waals surface area contributed by atoms with Crippen molar-refractivity contribution in [1.29, 1.82) is 0 Å². The number of para-hydroxylation sites is 2. The molecule has 2 nitrogen and oxygen atoms in total. The summed E-state index contributed by atoms with van der Waals surface area (Å²) in [5.41, 5.74) is 19.8. The van der Waals surface area contributed by atoms with Gasteiger partial charge in [0.05, 0.1) is 11.1 Å². The molecule has 2 heteroatoms. The molecule has 0 bridgehead atoms. The Hall–Kier alpha value is -5.08. The lowest BCUT2D eigenvalue weighted by Crippen LogP contribution is -2.52. The van der Waals surface area contributed by atoms with E-state index in [4.69, 9.17) is 0 Å². The molecule has 2 aliphatic heterocycles. The molecule has 0 aromatic heterocycles. The second-order valence-electron chi connectivity index (χ2n) is 19.1. The summed E-state index contributed by atoms with van der Waals surface area (Å²) >= 11 is 0. The maximum absolute atomic E-state index is 2.70. The molecular formula is C55H56N2. The third-order valence-electron chi connectivity index (χ3n) is 16.3. The summed E-state index contributed by atoms with van der Waals surface area (Å²) in [4.78, 5) is 5.40. The molecule has 0 amide bonds. The molecule has 0 radical (unpaired) electrons. The zero-order chi connectivity index (χ0) is 38.6. The standard InChI is InChI=1S/C55H56N2/c1-52-29-13-7-15-31-54(52,3)56(44-17-9-5-10-18-44)50-27-23-40(36-48(50)52)38-21-25-46-42(33-38)35-43-34-39(22-26-47(43)46)41-24-28-51-49(37-41)53(2)30-14-8-16-32-55(53,4)57(51)45-19-11-6-12-20-45/h5-6,9-12,17-28,33-34,36-37H,7-8,13-16,29-32,35H2,1-4H3. The van der Waals surface area contributed by atoms with Crippen LogP contribution in [0.5, 0.6) is 0 Å². The van der Waals surface area contributed by atoms with Crippen molar-refractivity contribution < 1.29 is 0 Å². The molecule has 2 saturated carbocycles. The summed E-state index contributed by atoms with van der Waals surface area (Å²) in [7, 11) is 0. The van der Waals surface area contributed by atoms with Crippen molar-refractivity contribution in [2.24, 2.45) is 0 Å². The van der Waals surface area contributed by atoms with Crippen LogP contribution in [0, 0.1) is 0 Å². The van der Waals surface area contributed by atoms with E-state index in [9.17, 15) is 0 Å². The third kappa shape index (κ3) is 4.95. The molecule has 0 saturated heterocycles. The van der Waals surface area contributed by atoms with Gasteiger partial charge in [0.15, 0.2) is 0 Å². The van der Waals surface area contributed by atoms with E-state index in [1.165, 1.54) is 143 Å². The van der Waals surface area contributed by atoms with Crippen LogP contribution >= 0.6 is 0 Å². The highest BCUT2D eigenvalue weighted by atomic mass is 15.3. The maximum Gasteiger partial charge on any atom is 0.0517 e. The highest BCUT2D eigenvalue weighted by molar-refractivity contribution is 5.86. The van der Waals surface area contributed by atoms with E-state index in [-0.39, 0.29) is 21.9 Å². The quantitative estimate of drug-likeness (QED) is 0.177. The second-order valence-corrected chi connectivity index (χ2v) is 19.1. The molecule has 2 heterocycles. The Morgan fingerprint density at radius 2 is 0.772 bits per heavy atom. The molecular weight excluding hydrogens is 689 g/mol. The molecule has 11 rings (SSSR count). The minimum absolute atomic E-state index is 0.0519. The van der Waals surface area contributed by atoms with Crippen LogP contribution in [0.4, 0.5) is 22.7 Å². The van der Waals surface area contributed by atoms with E-state index in [0.29, 0.717) is 0 Å². The van der Waals surface area contributed by atoms with Gasteiger partial charge >= 0.3 is 0 Å². The van der Waals surface area contributed by atoms with E-state index in [1.807, 2.05) is 0 Å². The second kappa shape index (κ2) is 12.7. The van der Waals surface area contributed by atoms with Crippen molar-refractivity contribution in [2.75, 3.05) is 9.80 Å². The van der Waals surface area contributed by atoms with Gasteiger partial charge in [0.1, 0.15) is 0 Å². The summed E-state index contributed by atoms with van der Waals surface area (Å²) < 4.78 is 0. The molecule has 57 heavy (non-hydrogen) atoms. The average Bonchev–Trinajstić information content (AvgIpc) is 3.65. The normalized spacial score (nSPS) is 27.1. The van der Waals surface area contributed by atoms with Crippen molar-refractivity contribution in [3.63, 3.8) is 0 Å². The van der Waals surface area contributed by atoms with Crippen molar-refractivity contribution in [2.45, 2.75) is 120 Å². The number of rotatable bonds is 4. The van der Waals surface area contributed by atoms with Gasteiger partial charge in [-0.05, 0) is 150 Å². The molecule has 4 unspecified atom stereocenters. The molecule has 4 atom stereocenters. The minimum Gasteiger partial charge on any atom is -0.334 e. The Labute approximate surface area is 340 Å². The lowest BCUT2D eigenvalue weighted by molar-refractivity contribution is 0.261. The topological polar surface area (TPSA) is 6.48 Å². The molecule has 0 spiro atoms. The van der Waals surface area contributed by atoms with Crippen molar-refractivity contribution >= 4 is 22.7 Å². The number of fused-ring (bicyclic) bond motifs is 9. The Morgan fingerprint density at radius 3 is 1.21 bits per heavy atom. The van der Waals surface area contributed by atoms with E-state index in [2.05, 4.69) is 171 Å². The lowest BCUT2D eigenvalue weighted by atomic mass is 9.66. The summed E-state index contributed by atoms with van der Waals surface area (Å²) in [5.74, 6) is 0. The molecule has 2 fully saturated rings. The smallest absolute Gasteiger partial charge is 0.0517 e. The summed E-state index contributed by atoms with van der Waals surface area (Å²) in [6.45, 7) is 10.2. The van der Waals surface area contributed by atoms with E-state index < -0.39 is 0 Å². The van der Waals surface area contributed by atoms with Crippen LogP contribution in [0.1, 0.15) is 114 Å². The third-order valence-corrected chi connectivity index (χ3v) is 16.3. The largest absolute Gasteiger partial charge is 0.334 e. The number of hydrogen-bond donors (Lipinski definition) is 0. The highest BCUT2D eigenvalue weighted by Gasteiger charge is 2.58. The van der Waals surface area contributed by atoms with Gasteiger partial charge in [-0.3, -0.25) is 0 Å². The zero-order valence-electron chi connectivity index (χ0n) is 34.4. The zero-order valence-corrected chi connectivity index (χ0v) is 34.4. The fourth-order valence-corrected chi connectivity index (χ4v) is 12.7. The minimum atomic E-state index is 0.0519. The number of anilines is 4. The van der Waals surface area contributed by atoms with Gasteiger partial charge in [-0.15, -0.1) is 0 Å². The van der Waals surface area contributed by atoms with Crippen LogP contribution < -0.4 is 9.80 Å². The summed E-state index contributed by atoms with van der Waals surface area (Å²) in [5, 5.41) is 0.